The number of likely N-dealkylation sites (tertiary alicyclic amines) is 1. The number of nitrogens with zero attached hydrogens (tertiary/aromatic N) is 3. The molecule has 0 unspecified atom stereocenters. The van der Waals surface area contributed by atoms with E-state index in [2.05, 4.69) is 10.2 Å². The Morgan fingerprint density at radius 1 is 1.60 bits per heavy atom. The molecule has 1 aliphatic heterocycles. The Morgan fingerprint density at radius 3 is 2.95 bits per heavy atom. The second kappa shape index (κ2) is 5.92. The lowest BCUT2D eigenvalue weighted by atomic mass is 9.95. The van der Waals surface area contributed by atoms with Crippen LogP contribution in [0.1, 0.15) is 24.5 Å². The van der Waals surface area contributed by atoms with Gasteiger partial charge in [-0.15, -0.1) is 0 Å². The fourth-order valence-electron chi connectivity index (χ4n) is 2.36. The van der Waals surface area contributed by atoms with E-state index >= 15 is 0 Å². The van der Waals surface area contributed by atoms with Crippen LogP contribution >= 0.6 is 0 Å². The minimum atomic E-state index is -3.32. The summed E-state index contributed by atoms with van der Waals surface area (Å²) >= 11 is 0. The first kappa shape index (κ1) is 15.0. The summed E-state index contributed by atoms with van der Waals surface area (Å²) in [5, 5.41) is 6.87. The predicted octanol–water partition coefficient (Wildman–Crippen LogP) is 0.00710. The van der Waals surface area contributed by atoms with Gasteiger partial charge in [0.2, 0.25) is 15.9 Å². The van der Waals surface area contributed by atoms with Crippen LogP contribution in [0.15, 0.2) is 12.3 Å². The molecular weight excluding hydrogens is 280 g/mol. The van der Waals surface area contributed by atoms with Gasteiger partial charge >= 0.3 is 0 Å². The lowest BCUT2D eigenvalue weighted by Gasteiger charge is -2.33. The molecule has 8 heteroatoms. The SMILES string of the molecule is CN(CC(=O)N1CCC[C@@H](c2ccn[nH]2)C1)S(C)(=O)=O. The molecule has 0 aliphatic carbocycles. The fraction of sp³-hybridized carbons (Fsp3) is 0.667. The van der Waals surface area contributed by atoms with Crippen LogP contribution in [0.25, 0.3) is 0 Å². The van der Waals surface area contributed by atoms with Gasteiger partial charge in [0.15, 0.2) is 0 Å². The average molecular weight is 300 g/mol. The highest BCUT2D eigenvalue weighted by molar-refractivity contribution is 7.88. The Hall–Kier alpha value is -1.41. The zero-order chi connectivity index (χ0) is 14.8. The van der Waals surface area contributed by atoms with Crippen molar-refractivity contribution in [2.45, 2.75) is 18.8 Å². The van der Waals surface area contributed by atoms with Crippen molar-refractivity contribution in [3.05, 3.63) is 18.0 Å². The molecule has 0 spiro atoms. The molecular formula is C12H20N4O3S. The minimum Gasteiger partial charge on any atom is -0.341 e. The molecule has 1 aromatic heterocycles. The number of amides is 1. The van der Waals surface area contributed by atoms with Crippen molar-refractivity contribution in [3.63, 3.8) is 0 Å². The van der Waals surface area contributed by atoms with Crippen molar-refractivity contribution in [1.29, 1.82) is 0 Å². The molecule has 1 saturated heterocycles. The second-order valence-electron chi connectivity index (χ2n) is 5.21. The molecule has 1 fully saturated rings. The number of hydrogen-bond donors (Lipinski definition) is 1. The van der Waals surface area contributed by atoms with E-state index in [1.807, 2.05) is 6.07 Å². The number of hydrogen-bond acceptors (Lipinski definition) is 4. The third-order valence-electron chi connectivity index (χ3n) is 3.66. The molecule has 0 bridgehead atoms. The number of piperidine rings is 1. The van der Waals surface area contributed by atoms with Gasteiger partial charge in [-0.25, -0.2) is 8.42 Å². The van der Waals surface area contributed by atoms with Crippen molar-refractivity contribution in [1.82, 2.24) is 19.4 Å². The number of H-pyrrole nitrogens is 1. The number of sulfonamides is 1. The van der Waals surface area contributed by atoms with Crippen molar-refractivity contribution < 1.29 is 13.2 Å². The van der Waals surface area contributed by atoms with Gasteiger partial charge in [-0.3, -0.25) is 9.89 Å². The summed E-state index contributed by atoms with van der Waals surface area (Å²) in [6.45, 7) is 1.19. The van der Waals surface area contributed by atoms with E-state index in [1.54, 1.807) is 11.1 Å². The summed E-state index contributed by atoms with van der Waals surface area (Å²) in [7, 11) is -1.90. The maximum absolute atomic E-state index is 12.2. The Kier molecular flexibility index (Phi) is 4.44. The summed E-state index contributed by atoms with van der Waals surface area (Å²) in [5.41, 5.74) is 1.03. The molecule has 7 nitrogen and oxygen atoms in total. The predicted molar refractivity (Wildman–Crippen MR) is 74.6 cm³/mol. The number of likely N-dealkylation sites (N-methyl/N-ethyl adjacent to an activating group) is 1. The van der Waals surface area contributed by atoms with Gasteiger partial charge in [-0.2, -0.15) is 9.40 Å². The van der Waals surface area contributed by atoms with E-state index in [0.717, 1.165) is 29.1 Å². The maximum atomic E-state index is 12.2. The van der Waals surface area contributed by atoms with Gasteiger partial charge in [0, 0.05) is 37.9 Å². The van der Waals surface area contributed by atoms with Gasteiger partial charge in [-0.05, 0) is 18.9 Å². The van der Waals surface area contributed by atoms with Gasteiger partial charge in [0.25, 0.3) is 0 Å². The first-order valence-corrected chi connectivity index (χ1v) is 8.41. The number of nitrogens with one attached hydrogen (secondary N) is 1. The van der Waals surface area contributed by atoms with Crippen LogP contribution in [0.3, 0.4) is 0 Å². The maximum Gasteiger partial charge on any atom is 0.237 e. The molecule has 20 heavy (non-hydrogen) atoms. The zero-order valence-electron chi connectivity index (χ0n) is 11.7. The van der Waals surface area contributed by atoms with Crippen LogP contribution in [-0.4, -0.2) is 66.7 Å². The van der Waals surface area contributed by atoms with Crippen molar-refractivity contribution in [3.8, 4) is 0 Å². The van der Waals surface area contributed by atoms with E-state index in [1.165, 1.54) is 7.05 Å². The lowest BCUT2D eigenvalue weighted by Crippen LogP contribution is -2.44. The molecule has 1 atom stereocenters. The summed E-state index contributed by atoms with van der Waals surface area (Å²) in [5.74, 6) is 0.0980. The summed E-state index contributed by atoms with van der Waals surface area (Å²) in [6, 6.07) is 1.92. The van der Waals surface area contributed by atoms with Crippen molar-refractivity contribution in [2.24, 2.45) is 0 Å². The molecule has 2 rings (SSSR count). The summed E-state index contributed by atoms with van der Waals surface area (Å²) in [4.78, 5) is 13.9. The summed E-state index contributed by atoms with van der Waals surface area (Å²) < 4.78 is 23.8. The zero-order valence-corrected chi connectivity index (χ0v) is 12.6. The van der Waals surface area contributed by atoms with E-state index in [-0.39, 0.29) is 18.4 Å². The Labute approximate surface area is 119 Å². The number of rotatable bonds is 4. The molecule has 0 aromatic carbocycles. The monoisotopic (exact) mass is 300 g/mol. The molecule has 1 amide bonds. The van der Waals surface area contributed by atoms with E-state index in [4.69, 9.17) is 0 Å². The Balaban J connectivity index is 1.97. The molecule has 0 radical (unpaired) electrons. The second-order valence-corrected chi connectivity index (χ2v) is 7.30. The van der Waals surface area contributed by atoms with Crippen molar-refractivity contribution in [2.75, 3.05) is 32.9 Å². The first-order chi connectivity index (χ1) is 9.38. The number of carbonyl (C=O) groups is 1. The minimum absolute atomic E-state index is 0.103. The standard InChI is InChI=1S/C12H20N4O3S/c1-15(20(2,18)19)9-12(17)16-7-3-4-10(8-16)11-5-6-13-14-11/h5-6,10H,3-4,7-9H2,1-2H3,(H,13,14)/t10-/m1/s1. The third-order valence-corrected chi connectivity index (χ3v) is 4.92. The van der Waals surface area contributed by atoms with E-state index < -0.39 is 10.0 Å². The van der Waals surface area contributed by atoms with Gasteiger partial charge < -0.3 is 4.90 Å². The van der Waals surface area contributed by atoms with Crippen molar-refractivity contribution >= 4 is 15.9 Å². The first-order valence-electron chi connectivity index (χ1n) is 6.56. The van der Waals surface area contributed by atoms with Crippen LogP contribution in [0.5, 0.6) is 0 Å². The highest BCUT2D eigenvalue weighted by atomic mass is 32.2. The van der Waals surface area contributed by atoms with Gasteiger partial charge in [0.1, 0.15) is 0 Å². The average Bonchev–Trinajstić information content (AvgIpc) is 2.91. The number of aromatic amines is 1. The molecule has 1 aliphatic rings. The number of aromatic nitrogens is 2. The van der Waals surface area contributed by atoms with Crippen LogP contribution < -0.4 is 0 Å². The quantitative estimate of drug-likeness (QED) is 0.848. The number of carbonyl (C=O) groups excluding carboxylic acids is 1. The molecule has 0 saturated carbocycles. The van der Waals surface area contributed by atoms with Gasteiger partial charge in [-0.1, -0.05) is 0 Å². The third kappa shape index (κ3) is 3.57. The van der Waals surface area contributed by atoms with E-state index in [0.29, 0.717) is 13.1 Å². The molecule has 2 heterocycles. The van der Waals surface area contributed by atoms with Crippen LogP contribution in [-0.2, 0) is 14.8 Å². The Bertz CT molecular complexity index is 555. The molecule has 112 valence electrons. The highest BCUT2D eigenvalue weighted by Gasteiger charge is 2.27. The normalized spacial score (nSPS) is 20.4. The molecule has 1 N–H and O–H groups in total. The smallest absolute Gasteiger partial charge is 0.237 e. The lowest BCUT2D eigenvalue weighted by molar-refractivity contribution is -0.132. The largest absolute Gasteiger partial charge is 0.341 e. The van der Waals surface area contributed by atoms with Crippen LogP contribution in [0, 0.1) is 0 Å². The highest BCUT2D eigenvalue weighted by Crippen LogP contribution is 2.25. The fourth-order valence-corrected chi connectivity index (χ4v) is 2.70. The van der Waals surface area contributed by atoms with Gasteiger partial charge in [0.05, 0.1) is 12.8 Å². The molecule has 1 aromatic rings. The topological polar surface area (TPSA) is 86.4 Å². The van der Waals surface area contributed by atoms with E-state index in [9.17, 15) is 13.2 Å². The van der Waals surface area contributed by atoms with Crippen LogP contribution in [0.2, 0.25) is 0 Å². The van der Waals surface area contributed by atoms with Crippen LogP contribution in [0.4, 0.5) is 0 Å². The Morgan fingerprint density at radius 2 is 2.35 bits per heavy atom. The summed E-state index contributed by atoms with van der Waals surface area (Å²) in [6.07, 6.45) is 4.73.